The van der Waals surface area contributed by atoms with Gasteiger partial charge in [0, 0.05) is 13.1 Å². The minimum Gasteiger partial charge on any atom is -0.465 e. The number of hydroxylamine groups is 3. The summed E-state index contributed by atoms with van der Waals surface area (Å²) in [6.07, 6.45) is 0.174. The Bertz CT molecular complexity index is 729. The lowest BCUT2D eigenvalue weighted by Gasteiger charge is -2.32. The van der Waals surface area contributed by atoms with E-state index in [4.69, 9.17) is 14.5 Å². The predicted octanol–water partition coefficient (Wildman–Crippen LogP) is -0.820. The Morgan fingerprint density at radius 2 is 1.93 bits per heavy atom. The third-order valence-electron chi connectivity index (χ3n) is 4.77. The van der Waals surface area contributed by atoms with Gasteiger partial charge in [-0.15, -0.1) is 4.28 Å². The van der Waals surface area contributed by atoms with E-state index < -0.39 is 46.6 Å². The van der Waals surface area contributed by atoms with E-state index in [0.717, 1.165) is 4.90 Å². The Kier molecular flexibility index (Phi) is 5.41. The van der Waals surface area contributed by atoms with Gasteiger partial charge in [0.15, 0.2) is 0 Å². The number of nitrogens with zero attached hydrogens (tertiary/aromatic N) is 3. The molecule has 3 aliphatic rings. The molecular weight excluding hydrogens is 388 g/mol. The summed E-state index contributed by atoms with van der Waals surface area (Å²) >= 11 is 0. The molecule has 0 saturated carbocycles. The molecule has 0 aromatic rings. The summed E-state index contributed by atoms with van der Waals surface area (Å²) in [7, 11) is -4.85. The lowest BCUT2D eigenvalue weighted by Crippen LogP contribution is -2.51. The number of nitrogens with one attached hydrogen (secondary N) is 1. The van der Waals surface area contributed by atoms with Crippen molar-refractivity contribution >= 4 is 28.4 Å². The number of carboxylic acid groups (broad SMARTS) is 1. The summed E-state index contributed by atoms with van der Waals surface area (Å²) in [6, 6.07) is -2.32. The van der Waals surface area contributed by atoms with Gasteiger partial charge in [-0.25, -0.2) is 15.1 Å². The predicted molar refractivity (Wildman–Crippen MR) is 85.2 cm³/mol. The molecule has 4 amide bonds. The van der Waals surface area contributed by atoms with Gasteiger partial charge in [0.2, 0.25) is 0 Å². The summed E-state index contributed by atoms with van der Waals surface area (Å²) < 4.78 is 34.8. The molecule has 0 unspecified atom stereocenters. The largest absolute Gasteiger partial charge is 0.465 e. The Balaban J connectivity index is 1.55. The molecular formula is C13H20N4O9S. The average Bonchev–Trinajstić information content (AvgIpc) is 2.83. The molecule has 3 aliphatic heterocycles. The summed E-state index contributed by atoms with van der Waals surface area (Å²) in [5.74, 6) is -0.594. The van der Waals surface area contributed by atoms with Gasteiger partial charge in [0.05, 0.1) is 12.6 Å². The molecule has 3 saturated heterocycles. The zero-order valence-electron chi connectivity index (χ0n) is 14.2. The number of hydrogen-bond donors (Lipinski definition) is 3. The molecule has 3 fully saturated rings. The maximum atomic E-state index is 12.4. The average molecular weight is 408 g/mol. The van der Waals surface area contributed by atoms with Crippen LogP contribution in [0.15, 0.2) is 0 Å². The van der Waals surface area contributed by atoms with Gasteiger partial charge in [0.25, 0.3) is 5.91 Å². The van der Waals surface area contributed by atoms with Crippen molar-refractivity contribution in [3.05, 3.63) is 0 Å². The van der Waals surface area contributed by atoms with Crippen LogP contribution in [0.25, 0.3) is 0 Å². The molecule has 13 nitrogen and oxygen atoms in total. The number of fused-ring (bicyclic) bond motifs is 2. The highest BCUT2D eigenvalue weighted by molar-refractivity contribution is 7.80. The zero-order valence-corrected chi connectivity index (χ0v) is 15.0. The third-order valence-corrected chi connectivity index (χ3v) is 5.12. The molecule has 2 bridgehead atoms. The molecule has 0 aliphatic carbocycles. The number of carbonyl (C=O) groups excluding carboxylic acids is 2. The van der Waals surface area contributed by atoms with E-state index in [-0.39, 0.29) is 19.5 Å². The minimum atomic E-state index is -4.85. The molecule has 3 rings (SSSR count). The number of likely N-dealkylation sites (tertiary alicyclic amines) is 1. The van der Waals surface area contributed by atoms with Gasteiger partial charge >= 0.3 is 22.5 Å². The Labute approximate surface area is 154 Å². The summed E-state index contributed by atoms with van der Waals surface area (Å²) in [5, 5.41) is 9.56. The molecule has 0 radical (unpaired) electrons. The van der Waals surface area contributed by atoms with Crippen molar-refractivity contribution < 1.29 is 41.6 Å². The fourth-order valence-electron chi connectivity index (χ4n) is 3.52. The van der Waals surface area contributed by atoms with Crippen molar-refractivity contribution in [2.45, 2.75) is 43.9 Å². The van der Waals surface area contributed by atoms with Crippen LogP contribution in [0.3, 0.4) is 0 Å². The number of rotatable bonds is 5. The molecule has 0 spiro atoms. The van der Waals surface area contributed by atoms with Gasteiger partial charge in [-0.3, -0.25) is 14.2 Å². The second kappa shape index (κ2) is 7.46. The van der Waals surface area contributed by atoms with Crippen molar-refractivity contribution in [1.29, 1.82) is 0 Å². The number of urea groups is 1. The van der Waals surface area contributed by atoms with Crippen LogP contribution in [-0.2, 0) is 24.3 Å². The first kappa shape index (κ1) is 19.6. The van der Waals surface area contributed by atoms with E-state index in [9.17, 15) is 22.8 Å². The molecule has 152 valence electrons. The molecule has 3 heterocycles. The first-order valence-electron chi connectivity index (χ1n) is 8.36. The molecule has 27 heavy (non-hydrogen) atoms. The van der Waals surface area contributed by atoms with Crippen LogP contribution in [0.4, 0.5) is 9.59 Å². The van der Waals surface area contributed by atoms with Crippen LogP contribution in [0.1, 0.15) is 25.7 Å². The smallest absolute Gasteiger partial charge is 0.418 e. The number of carbonyl (C=O) groups is 3. The first-order valence-corrected chi connectivity index (χ1v) is 9.72. The Morgan fingerprint density at radius 1 is 1.19 bits per heavy atom. The van der Waals surface area contributed by atoms with E-state index in [1.807, 2.05) is 0 Å². The van der Waals surface area contributed by atoms with Gasteiger partial charge in [0.1, 0.15) is 12.1 Å². The monoisotopic (exact) mass is 408 g/mol. The zero-order chi connectivity index (χ0) is 19.8. The minimum absolute atomic E-state index is 0.0721. The van der Waals surface area contributed by atoms with E-state index in [2.05, 4.69) is 9.76 Å². The van der Waals surface area contributed by atoms with Crippen molar-refractivity contribution in [2.75, 3.05) is 19.6 Å². The second-order valence-electron chi connectivity index (χ2n) is 6.59. The lowest BCUT2D eigenvalue weighted by atomic mass is 10.0. The maximum absolute atomic E-state index is 12.4. The summed E-state index contributed by atoms with van der Waals surface area (Å²) in [4.78, 5) is 43.3. The van der Waals surface area contributed by atoms with Gasteiger partial charge in [-0.05, 0) is 25.7 Å². The van der Waals surface area contributed by atoms with Crippen molar-refractivity contribution in [2.24, 2.45) is 0 Å². The summed E-state index contributed by atoms with van der Waals surface area (Å²) in [5.41, 5.74) is 2.27. The highest BCUT2D eigenvalue weighted by Crippen LogP contribution is 2.30. The molecule has 3 atom stereocenters. The van der Waals surface area contributed by atoms with Crippen LogP contribution in [0.2, 0.25) is 0 Å². The van der Waals surface area contributed by atoms with Gasteiger partial charge < -0.3 is 14.9 Å². The highest BCUT2D eigenvalue weighted by Gasteiger charge is 2.49. The molecule has 0 aromatic carbocycles. The Hall–Kier alpha value is -2.16. The van der Waals surface area contributed by atoms with E-state index in [1.54, 1.807) is 0 Å². The first-order chi connectivity index (χ1) is 12.7. The van der Waals surface area contributed by atoms with Crippen LogP contribution in [0, 0.1) is 0 Å². The quantitative estimate of drug-likeness (QED) is 0.389. The van der Waals surface area contributed by atoms with Crippen molar-refractivity contribution in [1.82, 2.24) is 20.3 Å². The van der Waals surface area contributed by atoms with Crippen LogP contribution in [0.5, 0.6) is 0 Å². The number of piperidine rings is 2. The Morgan fingerprint density at radius 3 is 2.59 bits per heavy atom. The van der Waals surface area contributed by atoms with E-state index >= 15 is 0 Å². The van der Waals surface area contributed by atoms with Crippen molar-refractivity contribution in [3.8, 4) is 0 Å². The topological polar surface area (TPSA) is 166 Å². The van der Waals surface area contributed by atoms with Crippen LogP contribution < -0.4 is 5.48 Å². The second-order valence-corrected chi connectivity index (χ2v) is 7.59. The molecule has 3 N–H and O–H groups in total. The van der Waals surface area contributed by atoms with Crippen LogP contribution >= 0.6 is 0 Å². The van der Waals surface area contributed by atoms with Gasteiger partial charge in [-0.1, -0.05) is 0 Å². The van der Waals surface area contributed by atoms with Crippen LogP contribution in [-0.4, -0.2) is 88.8 Å². The maximum Gasteiger partial charge on any atom is 0.418 e. The molecule has 14 heteroatoms. The van der Waals surface area contributed by atoms with E-state index in [1.165, 1.54) is 4.90 Å². The lowest BCUT2D eigenvalue weighted by molar-refractivity contribution is -0.146. The third kappa shape index (κ3) is 4.40. The fraction of sp³-hybridized carbons (Fsp3) is 0.769. The van der Waals surface area contributed by atoms with Gasteiger partial charge in [-0.2, -0.15) is 13.5 Å². The molecule has 0 aromatic heterocycles. The SMILES string of the molecule is O=C(NO[C@@H]1CCCN(C(=O)O)C1)[C@@H]1CC[C@@H]2CN1C(=O)N2OS(=O)(=O)O. The fourth-order valence-corrected chi connectivity index (χ4v) is 3.91. The standard InChI is InChI=1S/C13H20N4O9S/c18-11(14-25-9-2-1-5-15(7-9)13(20)21)10-4-3-8-6-16(10)12(19)17(8)26-27(22,23)24/h8-10H,1-7H2,(H,14,18)(H,20,21)(H,22,23,24)/t8-,9-,10+/m1/s1. The van der Waals surface area contributed by atoms with Crippen molar-refractivity contribution in [3.63, 3.8) is 0 Å². The number of hydrogen-bond acceptors (Lipinski definition) is 7. The number of amides is 4. The highest BCUT2D eigenvalue weighted by atomic mass is 32.3. The summed E-state index contributed by atoms with van der Waals surface area (Å²) in [6.45, 7) is 0.600. The normalized spacial score (nSPS) is 28.4. The van der Waals surface area contributed by atoms with E-state index in [0.29, 0.717) is 30.9 Å².